The first-order chi connectivity index (χ1) is 16.5. The number of amides is 1. The number of ether oxygens (including phenoxy) is 2. The number of anilines is 2. The standard InChI is InChI=1S/C27H32N2O5S/c1-17-10-18(2)14-22(13-17)29(16-26(30)28-27-20(4)11-19(3)12-21(27)5)35(31,32)23-8-9-24(33-6)25(15-23)34-7/h8-15H,16H2,1-7H3,(H,28,30). The van der Waals surface area contributed by atoms with E-state index in [0.717, 1.165) is 32.1 Å². The number of hydrogen-bond donors (Lipinski definition) is 1. The molecule has 0 aliphatic heterocycles. The molecule has 0 aliphatic carbocycles. The summed E-state index contributed by atoms with van der Waals surface area (Å²) in [4.78, 5) is 13.2. The Morgan fingerprint density at radius 2 is 1.34 bits per heavy atom. The average Bonchev–Trinajstić information content (AvgIpc) is 2.78. The summed E-state index contributed by atoms with van der Waals surface area (Å²) in [5, 5.41) is 2.91. The Hall–Kier alpha value is -3.52. The second-order valence-electron chi connectivity index (χ2n) is 8.70. The van der Waals surface area contributed by atoms with E-state index in [2.05, 4.69) is 5.32 Å². The van der Waals surface area contributed by atoms with Crippen LogP contribution in [0.3, 0.4) is 0 Å². The summed E-state index contributed by atoms with van der Waals surface area (Å²) in [6.07, 6.45) is 0. The van der Waals surface area contributed by atoms with Crippen LogP contribution in [0.5, 0.6) is 11.5 Å². The van der Waals surface area contributed by atoms with Crippen molar-refractivity contribution in [3.05, 3.63) is 76.3 Å². The lowest BCUT2D eigenvalue weighted by atomic mass is 10.1. The van der Waals surface area contributed by atoms with Crippen molar-refractivity contribution in [1.29, 1.82) is 0 Å². The molecule has 0 aromatic heterocycles. The van der Waals surface area contributed by atoms with Crippen molar-refractivity contribution >= 4 is 27.3 Å². The Morgan fingerprint density at radius 3 is 1.89 bits per heavy atom. The van der Waals surface area contributed by atoms with Gasteiger partial charge in [0.2, 0.25) is 5.91 Å². The lowest BCUT2D eigenvalue weighted by Gasteiger charge is -2.25. The minimum absolute atomic E-state index is 0.00944. The predicted octanol–water partition coefficient (Wildman–Crippen LogP) is 5.08. The minimum atomic E-state index is -4.12. The molecule has 0 bridgehead atoms. The summed E-state index contributed by atoms with van der Waals surface area (Å²) >= 11 is 0. The summed E-state index contributed by atoms with van der Waals surface area (Å²) in [5.41, 5.74) is 5.78. The van der Waals surface area contributed by atoms with Gasteiger partial charge in [0.05, 0.1) is 24.8 Å². The van der Waals surface area contributed by atoms with Crippen LogP contribution >= 0.6 is 0 Å². The summed E-state index contributed by atoms with van der Waals surface area (Å²) in [7, 11) is -1.20. The van der Waals surface area contributed by atoms with Crippen LogP contribution in [0.4, 0.5) is 11.4 Å². The largest absolute Gasteiger partial charge is 0.493 e. The van der Waals surface area contributed by atoms with E-state index in [-0.39, 0.29) is 10.6 Å². The quantitative estimate of drug-likeness (QED) is 0.470. The molecule has 7 nitrogen and oxygen atoms in total. The van der Waals surface area contributed by atoms with Gasteiger partial charge in [0.15, 0.2) is 11.5 Å². The van der Waals surface area contributed by atoms with Crippen molar-refractivity contribution in [2.24, 2.45) is 0 Å². The van der Waals surface area contributed by atoms with Gasteiger partial charge in [0.25, 0.3) is 10.0 Å². The van der Waals surface area contributed by atoms with Gasteiger partial charge in [-0.15, -0.1) is 0 Å². The van der Waals surface area contributed by atoms with E-state index < -0.39 is 22.5 Å². The Bertz CT molecular complexity index is 1320. The van der Waals surface area contributed by atoms with Gasteiger partial charge in [0.1, 0.15) is 6.54 Å². The predicted molar refractivity (Wildman–Crippen MR) is 139 cm³/mol. The molecule has 0 spiro atoms. The molecule has 0 unspecified atom stereocenters. The molecule has 3 rings (SSSR count). The van der Waals surface area contributed by atoms with Gasteiger partial charge < -0.3 is 14.8 Å². The first-order valence-corrected chi connectivity index (χ1v) is 12.6. The summed E-state index contributed by atoms with van der Waals surface area (Å²) in [6.45, 7) is 9.19. The molecule has 0 fully saturated rings. The summed E-state index contributed by atoms with van der Waals surface area (Å²) in [6, 6.07) is 13.8. The number of benzene rings is 3. The van der Waals surface area contributed by atoms with Crippen molar-refractivity contribution in [3.8, 4) is 11.5 Å². The second kappa shape index (κ2) is 10.4. The van der Waals surface area contributed by atoms with Gasteiger partial charge in [-0.25, -0.2) is 8.42 Å². The molecule has 0 saturated carbocycles. The second-order valence-corrected chi connectivity index (χ2v) is 10.6. The van der Waals surface area contributed by atoms with E-state index in [1.54, 1.807) is 12.1 Å². The van der Waals surface area contributed by atoms with Crippen LogP contribution < -0.4 is 19.1 Å². The van der Waals surface area contributed by atoms with Gasteiger partial charge in [0, 0.05) is 11.8 Å². The normalized spacial score (nSPS) is 11.2. The molecule has 0 atom stereocenters. The van der Waals surface area contributed by atoms with Crippen molar-refractivity contribution in [2.45, 2.75) is 39.5 Å². The van der Waals surface area contributed by atoms with Crippen molar-refractivity contribution < 1.29 is 22.7 Å². The SMILES string of the molecule is COc1ccc(S(=O)(=O)N(CC(=O)Nc2c(C)cc(C)cc2C)c2cc(C)cc(C)c2)cc1OC. The molecule has 35 heavy (non-hydrogen) atoms. The maximum atomic E-state index is 13.8. The molecule has 0 saturated heterocycles. The third kappa shape index (κ3) is 5.77. The van der Waals surface area contributed by atoms with Crippen LogP contribution in [0.1, 0.15) is 27.8 Å². The van der Waals surface area contributed by atoms with E-state index in [1.807, 2.05) is 52.8 Å². The summed E-state index contributed by atoms with van der Waals surface area (Å²) < 4.78 is 39.4. The van der Waals surface area contributed by atoms with E-state index >= 15 is 0 Å². The first-order valence-electron chi connectivity index (χ1n) is 11.2. The third-order valence-corrected chi connectivity index (χ3v) is 7.44. The Morgan fingerprint density at radius 1 is 0.800 bits per heavy atom. The van der Waals surface area contributed by atoms with Crippen LogP contribution in [0.25, 0.3) is 0 Å². The van der Waals surface area contributed by atoms with Crippen molar-refractivity contribution in [2.75, 3.05) is 30.4 Å². The van der Waals surface area contributed by atoms with E-state index in [1.165, 1.54) is 32.4 Å². The first kappa shape index (κ1) is 26.1. The zero-order valence-corrected chi connectivity index (χ0v) is 22.0. The lowest BCUT2D eigenvalue weighted by molar-refractivity contribution is -0.114. The van der Waals surface area contributed by atoms with Crippen molar-refractivity contribution in [3.63, 3.8) is 0 Å². The number of nitrogens with one attached hydrogen (secondary N) is 1. The van der Waals surface area contributed by atoms with Gasteiger partial charge in [-0.1, -0.05) is 23.8 Å². The Kier molecular flexibility index (Phi) is 7.75. The van der Waals surface area contributed by atoms with Gasteiger partial charge in [-0.2, -0.15) is 0 Å². The van der Waals surface area contributed by atoms with Gasteiger partial charge in [-0.3, -0.25) is 9.10 Å². The minimum Gasteiger partial charge on any atom is -0.493 e. The highest BCUT2D eigenvalue weighted by atomic mass is 32.2. The number of sulfonamides is 1. The Labute approximate surface area is 207 Å². The third-order valence-electron chi connectivity index (χ3n) is 5.67. The van der Waals surface area contributed by atoms with Crippen LogP contribution in [-0.4, -0.2) is 35.1 Å². The molecular weight excluding hydrogens is 464 g/mol. The summed E-state index contributed by atoms with van der Waals surface area (Å²) in [5.74, 6) is 0.250. The molecule has 3 aromatic carbocycles. The topological polar surface area (TPSA) is 84.9 Å². The number of methoxy groups -OCH3 is 2. The molecule has 0 heterocycles. The highest BCUT2D eigenvalue weighted by molar-refractivity contribution is 7.92. The average molecular weight is 497 g/mol. The monoisotopic (exact) mass is 496 g/mol. The maximum absolute atomic E-state index is 13.8. The van der Waals surface area contributed by atoms with Crippen LogP contribution in [-0.2, 0) is 14.8 Å². The molecule has 1 N–H and O–H groups in total. The number of aryl methyl sites for hydroxylation is 5. The van der Waals surface area contributed by atoms with Crippen LogP contribution in [0, 0.1) is 34.6 Å². The lowest BCUT2D eigenvalue weighted by Crippen LogP contribution is -2.38. The van der Waals surface area contributed by atoms with Gasteiger partial charge >= 0.3 is 0 Å². The van der Waals surface area contributed by atoms with Crippen LogP contribution in [0.15, 0.2) is 53.4 Å². The fourth-order valence-electron chi connectivity index (χ4n) is 4.20. The van der Waals surface area contributed by atoms with E-state index in [4.69, 9.17) is 9.47 Å². The fourth-order valence-corrected chi connectivity index (χ4v) is 5.62. The molecular formula is C27H32N2O5S. The molecule has 186 valence electrons. The number of carbonyl (C=O) groups is 1. The maximum Gasteiger partial charge on any atom is 0.264 e. The molecule has 0 radical (unpaired) electrons. The number of rotatable bonds is 8. The molecule has 8 heteroatoms. The molecule has 1 amide bonds. The Balaban J connectivity index is 2.06. The number of hydrogen-bond acceptors (Lipinski definition) is 5. The zero-order valence-electron chi connectivity index (χ0n) is 21.2. The van der Waals surface area contributed by atoms with Gasteiger partial charge in [-0.05, 0) is 81.1 Å². The smallest absolute Gasteiger partial charge is 0.264 e. The number of nitrogens with zero attached hydrogens (tertiary/aromatic N) is 1. The highest BCUT2D eigenvalue weighted by Crippen LogP contribution is 2.33. The zero-order chi connectivity index (χ0) is 25.9. The molecule has 0 aliphatic rings. The molecule has 3 aromatic rings. The fraction of sp³-hybridized carbons (Fsp3) is 0.296. The van der Waals surface area contributed by atoms with Crippen LogP contribution in [0.2, 0.25) is 0 Å². The van der Waals surface area contributed by atoms with Crippen molar-refractivity contribution in [1.82, 2.24) is 0 Å². The van der Waals surface area contributed by atoms with E-state index in [0.29, 0.717) is 17.1 Å². The highest BCUT2D eigenvalue weighted by Gasteiger charge is 2.29. The number of carbonyl (C=O) groups excluding carboxylic acids is 1. The van der Waals surface area contributed by atoms with E-state index in [9.17, 15) is 13.2 Å².